The highest BCUT2D eigenvalue weighted by molar-refractivity contribution is 6.23. The maximum absolute atomic E-state index is 7.68. The first kappa shape index (κ1) is 10.7. The first-order valence-electron chi connectivity index (χ1n) is 5.54. The average molecular weight is 216 g/mol. The van der Waals surface area contributed by atoms with Crippen LogP contribution in [0.1, 0.15) is 30.9 Å². The van der Waals surface area contributed by atoms with Gasteiger partial charge in [0.1, 0.15) is 5.84 Å². The zero-order chi connectivity index (χ0) is 11.5. The third-order valence-electron chi connectivity index (χ3n) is 2.65. The number of fused-ring (bicyclic) bond motifs is 1. The van der Waals surface area contributed by atoms with E-state index >= 15 is 0 Å². The molecule has 0 atom stereocenters. The highest BCUT2D eigenvalue weighted by Gasteiger charge is 2.21. The molecule has 84 valence electrons. The first-order chi connectivity index (χ1) is 7.74. The molecule has 0 bridgehead atoms. The van der Waals surface area contributed by atoms with Crippen LogP contribution in [0.25, 0.3) is 0 Å². The summed E-state index contributed by atoms with van der Waals surface area (Å²) in [5, 5.41) is 11.0. The van der Waals surface area contributed by atoms with E-state index in [9.17, 15) is 0 Å². The van der Waals surface area contributed by atoms with Crippen molar-refractivity contribution in [1.29, 1.82) is 5.41 Å². The lowest BCUT2D eigenvalue weighted by molar-refractivity contribution is 0.834. The van der Waals surface area contributed by atoms with Crippen molar-refractivity contribution in [3.05, 3.63) is 29.3 Å². The van der Waals surface area contributed by atoms with Crippen LogP contribution < -0.4 is 11.1 Å². The predicted molar refractivity (Wildman–Crippen MR) is 67.4 cm³/mol. The number of hydrogen-bond acceptors (Lipinski definition) is 3. The van der Waals surface area contributed by atoms with Gasteiger partial charge in [-0.3, -0.25) is 5.41 Å². The van der Waals surface area contributed by atoms with Crippen LogP contribution in [0, 0.1) is 5.41 Å². The molecular weight excluding hydrogens is 200 g/mol. The minimum Gasteiger partial charge on any atom is -0.384 e. The SMILES string of the molecule is CCCCNc1cccc2c1C(N)=NC2=N. The summed E-state index contributed by atoms with van der Waals surface area (Å²) in [6.07, 6.45) is 2.28. The molecule has 0 spiro atoms. The molecule has 4 nitrogen and oxygen atoms in total. The van der Waals surface area contributed by atoms with Gasteiger partial charge in [0.2, 0.25) is 0 Å². The molecule has 1 aromatic carbocycles. The zero-order valence-electron chi connectivity index (χ0n) is 9.38. The van der Waals surface area contributed by atoms with Crippen LogP contribution in [0.15, 0.2) is 23.2 Å². The Morgan fingerprint density at radius 1 is 1.44 bits per heavy atom. The molecule has 1 aliphatic heterocycles. The number of benzene rings is 1. The molecule has 4 heteroatoms. The Morgan fingerprint density at radius 3 is 3.00 bits per heavy atom. The van der Waals surface area contributed by atoms with E-state index in [1.807, 2.05) is 18.2 Å². The van der Waals surface area contributed by atoms with E-state index in [0.717, 1.165) is 36.2 Å². The highest BCUT2D eigenvalue weighted by atomic mass is 15.0. The second-order valence-electron chi connectivity index (χ2n) is 3.85. The van der Waals surface area contributed by atoms with Crippen molar-refractivity contribution < 1.29 is 0 Å². The number of hydrogen-bond donors (Lipinski definition) is 3. The summed E-state index contributed by atoms with van der Waals surface area (Å²) < 4.78 is 0. The van der Waals surface area contributed by atoms with E-state index in [2.05, 4.69) is 17.2 Å². The molecule has 0 radical (unpaired) electrons. The molecule has 0 saturated carbocycles. The van der Waals surface area contributed by atoms with Crippen molar-refractivity contribution in [3.8, 4) is 0 Å². The van der Waals surface area contributed by atoms with Crippen molar-refractivity contribution in [3.63, 3.8) is 0 Å². The molecular formula is C12H16N4. The summed E-state index contributed by atoms with van der Waals surface area (Å²) in [5.74, 6) is 0.700. The van der Waals surface area contributed by atoms with Gasteiger partial charge in [-0.2, -0.15) is 0 Å². The quantitative estimate of drug-likeness (QED) is 0.673. The fraction of sp³-hybridized carbons (Fsp3) is 0.333. The number of unbranched alkanes of at least 4 members (excludes halogenated alkanes) is 1. The van der Waals surface area contributed by atoms with Crippen molar-refractivity contribution in [1.82, 2.24) is 0 Å². The lowest BCUT2D eigenvalue weighted by Gasteiger charge is -2.10. The largest absolute Gasteiger partial charge is 0.384 e. The molecule has 0 unspecified atom stereocenters. The van der Waals surface area contributed by atoms with Gasteiger partial charge < -0.3 is 11.1 Å². The van der Waals surface area contributed by atoms with Crippen LogP contribution in [-0.2, 0) is 0 Å². The smallest absolute Gasteiger partial charge is 0.155 e. The summed E-state index contributed by atoms with van der Waals surface area (Å²) >= 11 is 0. The Morgan fingerprint density at radius 2 is 2.25 bits per heavy atom. The number of amidine groups is 2. The van der Waals surface area contributed by atoms with E-state index < -0.39 is 0 Å². The number of nitrogens with zero attached hydrogens (tertiary/aromatic N) is 1. The third kappa shape index (κ3) is 1.78. The van der Waals surface area contributed by atoms with Gasteiger partial charge in [0, 0.05) is 17.8 Å². The van der Waals surface area contributed by atoms with Crippen LogP contribution in [0.5, 0.6) is 0 Å². The van der Waals surface area contributed by atoms with E-state index in [0.29, 0.717) is 5.84 Å². The standard InChI is InChI=1S/C12H16N4/c1-2-3-7-15-9-6-4-5-8-10(9)12(14)16-11(8)13/h4-6,15H,2-3,7H2,1H3,(H3,13,14,16). The van der Waals surface area contributed by atoms with Crippen LogP contribution in [0.3, 0.4) is 0 Å². The predicted octanol–water partition coefficient (Wildman–Crippen LogP) is 1.94. The molecule has 0 saturated heterocycles. The molecule has 1 aromatic rings. The van der Waals surface area contributed by atoms with Gasteiger partial charge in [-0.15, -0.1) is 0 Å². The van der Waals surface area contributed by atoms with Crippen molar-refractivity contribution in [2.24, 2.45) is 10.7 Å². The Hall–Kier alpha value is -1.84. The normalized spacial score (nSPS) is 13.6. The molecule has 0 amide bonds. The maximum Gasteiger partial charge on any atom is 0.155 e. The Balaban J connectivity index is 2.27. The van der Waals surface area contributed by atoms with Crippen molar-refractivity contribution in [2.45, 2.75) is 19.8 Å². The van der Waals surface area contributed by atoms with Gasteiger partial charge >= 0.3 is 0 Å². The Kier molecular flexibility index (Phi) is 2.90. The molecule has 2 rings (SSSR count). The van der Waals surface area contributed by atoms with E-state index in [4.69, 9.17) is 11.1 Å². The number of rotatable bonds is 4. The summed E-state index contributed by atoms with van der Waals surface area (Å²) in [6.45, 7) is 3.08. The minimum absolute atomic E-state index is 0.256. The molecule has 4 N–H and O–H groups in total. The summed E-state index contributed by atoms with van der Waals surface area (Å²) in [5.41, 5.74) is 8.49. The maximum atomic E-state index is 7.68. The van der Waals surface area contributed by atoms with E-state index in [-0.39, 0.29) is 5.84 Å². The fourth-order valence-corrected chi connectivity index (χ4v) is 1.81. The lowest BCUT2D eigenvalue weighted by atomic mass is 10.1. The van der Waals surface area contributed by atoms with E-state index in [1.54, 1.807) is 0 Å². The van der Waals surface area contributed by atoms with Gasteiger partial charge in [0.25, 0.3) is 0 Å². The molecule has 1 heterocycles. The monoisotopic (exact) mass is 216 g/mol. The van der Waals surface area contributed by atoms with Crippen LogP contribution in [0.4, 0.5) is 5.69 Å². The van der Waals surface area contributed by atoms with Gasteiger partial charge in [-0.25, -0.2) is 4.99 Å². The van der Waals surface area contributed by atoms with Crippen molar-refractivity contribution >= 4 is 17.4 Å². The molecule has 0 aliphatic carbocycles. The summed E-state index contributed by atoms with van der Waals surface area (Å²) in [6, 6.07) is 5.79. The number of aliphatic imine (C=N–C) groups is 1. The van der Waals surface area contributed by atoms with Gasteiger partial charge in [-0.1, -0.05) is 25.5 Å². The molecule has 16 heavy (non-hydrogen) atoms. The van der Waals surface area contributed by atoms with Gasteiger partial charge in [-0.05, 0) is 12.5 Å². The third-order valence-corrected chi connectivity index (χ3v) is 2.65. The van der Waals surface area contributed by atoms with Crippen molar-refractivity contribution in [2.75, 3.05) is 11.9 Å². The molecule has 0 aromatic heterocycles. The summed E-state index contributed by atoms with van der Waals surface area (Å²) in [4.78, 5) is 3.98. The van der Waals surface area contributed by atoms with Crippen LogP contribution in [-0.4, -0.2) is 18.2 Å². The summed E-state index contributed by atoms with van der Waals surface area (Å²) in [7, 11) is 0. The minimum atomic E-state index is 0.256. The molecule has 1 aliphatic rings. The zero-order valence-corrected chi connectivity index (χ0v) is 9.38. The lowest BCUT2D eigenvalue weighted by Crippen LogP contribution is -2.14. The van der Waals surface area contributed by atoms with Crippen LogP contribution >= 0.6 is 0 Å². The molecule has 0 fully saturated rings. The second-order valence-corrected chi connectivity index (χ2v) is 3.85. The number of nitrogens with one attached hydrogen (secondary N) is 2. The van der Waals surface area contributed by atoms with E-state index in [1.165, 1.54) is 0 Å². The first-order valence-corrected chi connectivity index (χ1v) is 5.54. The number of nitrogens with two attached hydrogens (primary N) is 1. The Labute approximate surface area is 95.1 Å². The average Bonchev–Trinajstić information content (AvgIpc) is 2.56. The Bertz CT molecular complexity index is 448. The number of anilines is 1. The second kappa shape index (κ2) is 4.35. The van der Waals surface area contributed by atoms with Crippen LogP contribution in [0.2, 0.25) is 0 Å². The van der Waals surface area contributed by atoms with Gasteiger partial charge in [0.15, 0.2) is 5.84 Å². The van der Waals surface area contributed by atoms with Gasteiger partial charge in [0.05, 0.1) is 5.56 Å². The highest BCUT2D eigenvalue weighted by Crippen LogP contribution is 2.24. The topological polar surface area (TPSA) is 74.3 Å². The fourth-order valence-electron chi connectivity index (χ4n) is 1.81.